The van der Waals surface area contributed by atoms with Crippen molar-refractivity contribution in [2.24, 2.45) is 0 Å². The van der Waals surface area contributed by atoms with Gasteiger partial charge in [0.15, 0.2) is 0 Å². The van der Waals surface area contributed by atoms with E-state index in [9.17, 15) is 14.0 Å². The largest absolute Gasteiger partial charge is 0.450 e. The molecule has 26 heavy (non-hydrogen) atoms. The molecule has 0 aliphatic rings. The van der Waals surface area contributed by atoms with Crippen LogP contribution in [0.3, 0.4) is 0 Å². The maximum absolute atomic E-state index is 13.1. The lowest BCUT2D eigenvalue weighted by Crippen LogP contribution is -2.34. The molecule has 0 saturated heterocycles. The van der Waals surface area contributed by atoms with Crippen molar-refractivity contribution in [2.45, 2.75) is 20.3 Å². The first-order valence-electron chi connectivity index (χ1n) is 8.32. The highest BCUT2D eigenvalue weighted by Crippen LogP contribution is 2.21. The zero-order valence-corrected chi connectivity index (χ0v) is 14.7. The molecule has 1 N–H and O–H groups in total. The van der Waals surface area contributed by atoms with Crippen LogP contribution in [-0.2, 0) is 4.74 Å². The number of amides is 2. The van der Waals surface area contributed by atoms with Gasteiger partial charge in [0, 0.05) is 24.0 Å². The summed E-state index contributed by atoms with van der Waals surface area (Å²) in [5.74, 6) is -0.108. The number of nitrogens with one attached hydrogen (secondary N) is 1. The lowest BCUT2D eigenvalue weighted by atomic mass is 10.2. The fourth-order valence-electron chi connectivity index (χ4n) is 2.25. The number of rotatable bonds is 6. The third-order valence-corrected chi connectivity index (χ3v) is 3.37. The number of nitrogens with zero attached hydrogens (tertiary/aromatic N) is 1. The molecule has 0 spiro atoms. The van der Waals surface area contributed by atoms with Crippen LogP contribution in [0, 0.1) is 5.82 Å². The highest BCUT2D eigenvalue weighted by Gasteiger charge is 2.17. The highest BCUT2D eigenvalue weighted by atomic mass is 19.1. The lowest BCUT2D eigenvalue weighted by Gasteiger charge is -2.21. The van der Waals surface area contributed by atoms with E-state index in [1.165, 1.54) is 35.2 Å². The van der Waals surface area contributed by atoms with E-state index in [1.54, 1.807) is 25.1 Å². The van der Waals surface area contributed by atoms with Gasteiger partial charge in [0.05, 0.1) is 6.61 Å². The molecule has 6 nitrogen and oxygen atoms in total. The summed E-state index contributed by atoms with van der Waals surface area (Å²) in [6, 6.07) is 12.0. The van der Waals surface area contributed by atoms with Crippen molar-refractivity contribution in [3.05, 3.63) is 54.3 Å². The number of carbonyl (C=O) groups is 2. The maximum atomic E-state index is 13.1. The summed E-state index contributed by atoms with van der Waals surface area (Å²) in [6.45, 7) is 4.30. The Morgan fingerprint density at radius 3 is 2.50 bits per heavy atom. The van der Waals surface area contributed by atoms with Crippen LogP contribution in [0.4, 0.5) is 25.4 Å². The van der Waals surface area contributed by atoms with Gasteiger partial charge in [-0.1, -0.05) is 13.0 Å². The van der Waals surface area contributed by atoms with Gasteiger partial charge in [-0.15, -0.1) is 0 Å². The zero-order valence-electron chi connectivity index (χ0n) is 14.7. The number of anilines is 2. The van der Waals surface area contributed by atoms with E-state index in [1.807, 2.05) is 6.92 Å². The second kappa shape index (κ2) is 9.41. The predicted octanol–water partition coefficient (Wildman–Crippen LogP) is 4.81. The summed E-state index contributed by atoms with van der Waals surface area (Å²) in [4.78, 5) is 25.4. The van der Waals surface area contributed by atoms with E-state index in [-0.39, 0.29) is 18.2 Å². The molecule has 0 fully saturated rings. The van der Waals surface area contributed by atoms with Gasteiger partial charge in [0.1, 0.15) is 11.6 Å². The molecule has 0 bridgehead atoms. The molecule has 0 atom stereocenters. The minimum atomic E-state index is -0.591. The van der Waals surface area contributed by atoms with E-state index in [0.29, 0.717) is 24.3 Å². The average molecular weight is 360 g/mol. The third kappa shape index (κ3) is 5.47. The fraction of sp³-hybridized carbons (Fsp3) is 0.263. The van der Waals surface area contributed by atoms with E-state index in [0.717, 1.165) is 0 Å². The smallest absolute Gasteiger partial charge is 0.419 e. The molecule has 0 aromatic heterocycles. The van der Waals surface area contributed by atoms with Crippen LogP contribution in [0.25, 0.3) is 0 Å². The second-order valence-corrected chi connectivity index (χ2v) is 5.37. The Morgan fingerprint density at radius 1 is 1.12 bits per heavy atom. The minimum Gasteiger partial charge on any atom is -0.450 e. The molecule has 0 unspecified atom stereocenters. The monoisotopic (exact) mass is 360 g/mol. The molecule has 0 heterocycles. The number of hydrogen-bond acceptors (Lipinski definition) is 4. The van der Waals surface area contributed by atoms with Crippen LogP contribution in [0.5, 0.6) is 5.75 Å². The van der Waals surface area contributed by atoms with E-state index >= 15 is 0 Å². The normalized spacial score (nSPS) is 10.1. The van der Waals surface area contributed by atoms with Crippen LogP contribution < -0.4 is 15.0 Å². The second-order valence-electron chi connectivity index (χ2n) is 5.37. The Hall–Kier alpha value is -3.09. The SMILES string of the molecule is CCCN(C(=O)Oc1cccc(NC(=O)OCC)c1)c1ccc(F)cc1. The molecule has 0 aliphatic heterocycles. The molecule has 0 saturated carbocycles. The Balaban J connectivity index is 2.11. The molecule has 2 amide bonds. The molecular formula is C19H21FN2O4. The summed E-state index contributed by atoms with van der Waals surface area (Å²) < 4.78 is 23.3. The van der Waals surface area contributed by atoms with Crippen LogP contribution in [0.1, 0.15) is 20.3 Å². The van der Waals surface area contributed by atoms with Crippen molar-refractivity contribution < 1.29 is 23.5 Å². The standard InChI is InChI=1S/C19H21FN2O4/c1-3-12-22(16-10-8-14(20)9-11-16)19(24)26-17-7-5-6-15(13-17)21-18(23)25-4-2/h5-11,13H,3-4,12H2,1-2H3,(H,21,23). The number of benzene rings is 2. The van der Waals surface area contributed by atoms with Gasteiger partial charge in [-0.3, -0.25) is 10.2 Å². The Kier molecular flexibility index (Phi) is 6.96. The zero-order chi connectivity index (χ0) is 18.9. The molecule has 138 valence electrons. The topological polar surface area (TPSA) is 67.9 Å². The van der Waals surface area contributed by atoms with Gasteiger partial charge in [0.25, 0.3) is 0 Å². The first-order valence-corrected chi connectivity index (χ1v) is 8.32. The van der Waals surface area contributed by atoms with E-state index in [4.69, 9.17) is 9.47 Å². The number of ether oxygens (including phenoxy) is 2. The molecule has 2 aromatic carbocycles. The minimum absolute atomic E-state index is 0.254. The molecule has 0 aliphatic carbocycles. The van der Waals surface area contributed by atoms with Gasteiger partial charge in [-0.05, 0) is 49.7 Å². The summed E-state index contributed by atoms with van der Waals surface area (Å²) in [5.41, 5.74) is 0.983. The van der Waals surface area contributed by atoms with Crippen LogP contribution in [0.15, 0.2) is 48.5 Å². The van der Waals surface area contributed by atoms with Gasteiger partial charge < -0.3 is 9.47 Å². The summed E-state index contributed by atoms with van der Waals surface area (Å²) >= 11 is 0. The third-order valence-electron chi connectivity index (χ3n) is 3.37. The average Bonchev–Trinajstić information content (AvgIpc) is 2.61. The number of hydrogen-bond donors (Lipinski definition) is 1. The van der Waals surface area contributed by atoms with E-state index < -0.39 is 12.2 Å². The van der Waals surface area contributed by atoms with Gasteiger partial charge in [-0.25, -0.2) is 14.0 Å². The van der Waals surface area contributed by atoms with Crippen molar-refractivity contribution in [1.82, 2.24) is 0 Å². The van der Waals surface area contributed by atoms with Crippen molar-refractivity contribution in [2.75, 3.05) is 23.4 Å². The number of halogens is 1. The van der Waals surface area contributed by atoms with Crippen molar-refractivity contribution in [1.29, 1.82) is 0 Å². The Labute approximate surface area is 151 Å². The van der Waals surface area contributed by atoms with Crippen LogP contribution in [0.2, 0.25) is 0 Å². The van der Waals surface area contributed by atoms with E-state index in [2.05, 4.69) is 5.32 Å². The van der Waals surface area contributed by atoms with Crippen LogP contribution >= 0.6 is 0 Å². The van der Waals surface area contributed by atoms with Crippen molar-refractivity contribution in [3.63, 3.8) is 0 Å². The molecule has 0 radical (unpaired) electrons. The van der Waals surface area contributed by atoms with Gasteiger partial charge in [-0.2, -0.15) is 0 Å². The van der Waals surface area contributed by atoms with Gasteiger partial charge >= 0.3 is 12.2 Å². The predicted molar refractivity (Wildman–Crippen MR) is 97.1 cm³/mol. The maximum Gasteiger partial charge on any atom is 0.419 e. The van der Waals surface area contributed by atoms with Crippen molar-refractivity contribution >= 4 is 23.6 Å². The van der Waals surface area contributed by atoms with Crippen LogP contribution in [-0.4, -0.2) is 25.3 Å². The Morgan fingerprint density at radius 2 is 1.85 bits per heavy atom. The van der Waals surface area contributed by atoms with Gasteiger partial charge in [0.2, 0.25) is 0 Å². The highest BCUT2D eigenvalue weighted by molar-refractivity contribution is 5.89. The molecule has 2 aromatic rings. The summed E-state index contributed by atoms with van der Waals surface area (Å²) in [6.07, 6.45) is -0.474. The number of carbonyl (C=O) groups excluding carboxylic acids is 2. The first kappa shape index (κ1) is 19.2. The molecule has 7 heteroatoms. The quantitative estimate of drug-likeness (QED) is 0.803. The first-order chi connectivity index (χ1) is 12.5. The fourth-order valence-corrected chi connectivity index (χ4v) is 2.25. The summed E-state index contributed by atoms with van der Waals surface area (Å²) in [5, 5.41) is 2.54. The molecular weight excluding hydrogens is 339 g/mol. The summed E-state index contributed by atoms with van der Waals surface area (Å²) in [7, 11) is 0. The van der Waals surface area contributed by atoms with Crippen molar-refractivity contribution in [3.8, 4) is 5.75 Å². The Bertz CT molecular complexity index is 749. The lowest BCUT2D eigenvalue weighted by molar-refractivity contribution is 0.168. The molecule has 2 rings (SSSR count).